The number of aromatic nitrogens is 2. The Balaban J connectivity index is 1.84. The highest BCUT2D eigenvalue weighted by Gasteiger charge is 2.19. The van der Waals surface area contributed by atoms with E-state index in [4.69, 9.17) is 4.74 Å². The Morgan fingerprint density at radius 3 is 2.74 bits per heavy atom. The zero-order valence-electron chi connectivity index (χ0n) is 15.1. The molecule has 9 heteroatoms. The minimum absolute atomic E-state index is 0.0630. The molecule has 9 nitrogen and oxygen atoms in total. The third-order valence-electron chi connectivity index (χ3n) is 4.37. The lowest BCUT2D eigenvalue weighted by Crippen LogP contribution is -2.41. The molecular weight excluding hydrogens is 352 g/mol. The summed E-state index contributed by atoms with van der Waals surface area (Å²) < 4.78 is 11.4. The van der Waals surface area contributed by atoms with Crippen molar-refractivity contribution >= 4 is 28.7 Å². The highest BCUT2D eigenvalue weighted by Crippen LogP contribution is 2.15. The van der Waals surface area contributed by atoms with Crippen LogP contribution in [0.25, 0.3) is 11.0 Å². The molecule has 0 spiro atoms. The third-order valence-corrected chi connectivity index (χ3v) is 4.37. The van der Waals surface area contributed by atoms with Crippen LogP contribution in [0.1, 0.15) is 6.42 Å². The van der Waals surface area contributed by atoms with Gasteiger partial charge in [0.2, 0.25) is 5.91 Å². The van der Waals surface area contributed by atoms with Gasteiger partial charge in [-0.05, 0) is 12.1 Å². The van der Waals surface area contributed by atoms with Crippen molar-refractivity contribution in [3.63, 3.8) is 0 Å². The molecule has 3 rings (SSSR count). The molecule has 0 radical (unpaired) electrons. The summed E-state index contributed by atoms with van der Waals surface area (Å²) in [5.74, 6) is -0.488. The van der Waals surface area contributed by atoms with E-state index in [1.54, 1.807) is 10.6 Å². The number of benzene rings is 1. The second-order valence-corrected chi connectivity index (χ2v) is 6.08. The van der Waals surface area contributed by atoms with Crippen molar-refractivity contribution in [3.05, 3.63) is 34.6 Å². The number of esters is 1. The van der Waals surface area contributed by atoms with Gasteiger partial charge in [-0.3, -0.25) is 14.4 Å². The number of amides is 1. The summed E-state index contributed by atoms with van der Waals surface area (Å²) in [6.45, 7) is 2.28. The maximum absolute atomic E-state index is 13.0. The van der Waals surface area contributed by atoms with Gasteiger partial charge >= 0.3 is 5.97 Å². The fourth-order valence-electron chi connectivity index (χ4n) is 2.93. The summed E-state index contributed by atoms with van der Waals surface area (Å²) >= 11 is 0. The van der Waals surface area contributed by atoms with Gasteiger partial charge in [0.05, 0.1) is 31.4 Å². The molecule has 1 aromatic carbocycles. The summed E-state index contributed by atoms with van der Waals surface area (Å²) in [7, 11) is 1.25. The van der Waals surface area contributed by atoms with E-state index < -0.39 is 5.97 Å². The maximum Gasteiger partial charge on any atom is 0.325 e. The van der Waals surface area contributed by atoms with Crippen molar-refractivity contribution in [1.82, 2.24) is 14.9 Å². The number of aryl methyl sites for hydroxylation is 1. The van der Waals surface area contributed by atoms with E-state index in [1.165, 1.54) is 7.11 Å². The molecule has 0 bridgehead atoms. The number of fused-ring (bicyclic) bond motifs is 1. The van der Waals surface area contributed by atoms with Crippen molar-refractivity contribution in [1.29, 1.82) is 0 Å². The average molecular weight is 374 g/mol. The van der Waals surface area contributed by atoms with Crippen molar-refractivity contribution in [2.45, 2.75) is 13.0 Å². The van der Waals surface area contributed by atoms with Gasteiger partial charge in [-0.1, -0.05) is 12.1 Å². The van der Waals surface area contributed by atoms with Gasteiger partial charge in [-0.15, -0.1) is 0 Å². The van der Waals surface area contributed by atoms with Crippen LogP contribution in [-0.2, 0) is 25.6 Å². The molecule has 1 N–H and O–H groups in total. The van der Waals surface area contributed by atoms with E-state index in [1.807, 2.05) is 23.1 Å². The highest BCUT2D eigenvalue weighted by atomic mass is 16.5. The summed E-state index contributed by atoms with van der Waals surface area (Å²) in [6, 6.07) is 7.33. The smallest absolute Gasteiger partial charge is 0.325 e. The normalized spacial score (nSPS) is 14.2. The molecule has 1 amide bonds. The topological polar surface area (TPSA) is 103 Å². The van der Waals surface area contributed by atoms with Gasteiger partial charge in [0.15, 0.2) is 5.82 Å². The van der Waals surface area contributed by atoms with Crippen LogP contribution in [-0.4, -0.2) is 61.4 Å². The van der Waals surface area contributed by atoms with E-state index in [0.29, 0.717) is 43.2 Å². The molecule has 144 valence electrons. The first-order valence-corrected chi connectivity index (χ1v) is 8.76. The predicted octanol–water partition coefficient (Wildman–Crippen LogP) is -0.0876. The molecule has 1 aromatic heterocycles. The number of hydrogen-bond donors (Lipinski definition) is 1. The molecular formula is C18H22N4O5. The number of morpholine rings is 1. The first kappa shape index (κ1) is 18.8. The number of carbonyl (C=O) groups excluding carboxylic acids is 2. The van der Waals surface area contributed by atoms with Gasteiger partial charge < -0.3 is 24.3 Å². The van der Waals surface area contributed by atoms with Gasteiger partial charge in [0.1, 0.15) is 6.54 Å². The fraction of sp³-hybridized carbons (Fsp3) is 0.444. The van der Waals surface area contributed by atoms with Crippen LogP contribution in [0.15, 0.2) is 29.1 Å². The minimum atomic E-state index is -0.524. The zero-order valence-corrected chi connectivity index (χ0v) is 15.1. The Hall–Kier alpha value is -2.94. The van der Waals surface area contributed by atoms with E-state index in [-0.39, 0.29) is 31.0 Å². The second-order valence-electron chi connectivity index (χ2n) is 6.08. The number of carbonyl (C=O) groups is 2. The molecule has 2 aromatic rings. The van der Waals surface area contributed by atoms with Crippen LogP contribution in [0.3, 0.4) is 0 Å². The largest absolute Gasteiger partial charge is 0.468 e. The number of nitrogens with one attached hydrogen (secondary N) is 1. The number of rotatable bonds is 6. The number of anilines is 1. The predicted molar refractivity (Wildman–Crippen MR) is 98.7 cm³/mol. The van der Waals surface area contributed by atoms with Gasteiger partial charge in [-0.25, -0.2) is 4.98 Å². The van der Waals surface area contributed by atoms with Gasteiger partial charge in [-0.2, -0.15) is 0 Å². The molecule has 1 aliphatic rings. The Labute approximate surface area is 155 Å². The SMILES string of the molecule is COC(=O)CNC(=O)CCn1c(=O)c(N2CCOCC2)nc2ccccc21. The average Bonchev–Trinajstić information content (AvgIpc) is 2.71. The van der Waals surface area contributed by atoms with Crippen LogP contribution in [0, 0.1) is 0 Å². The molecule has 1 fully saturated rings. The molecule has 1 saturated heterocycles. The van der Waals surface area contributed by atoms with E-state index in [9.17, 15) is 14.4 Å². The highest BCUT2D eigenvalue weighted by molar-refractivity contribution is 5.82. The Kier molecular flexibility index (Phi) is 6.02. The van der Waals surface area contributed by atoms with E-state index >= 15 is 0 Å². The fourth-order valence-corrected chi connectivity index (χ4v) is 2.93. The summed E-state index contributed by atoms with van der Waals surface area (Å²) in [4.78, 5) is 42.6. The number of ether oxygens (including phenoxy) is 2. The summed E-state index contributed by atoms with van der Waals surface area (Å²) in [5, 5.41) is 2.48. The van der Waals surface area contributed by atoms with Gasteiger partial charge in [0, 0.05) is 26.1 Å². The Bertz CT molecular complexity index is 889. The molecule has 1 aliphatic heterocycles. The van der Waals surface area contributed by atoms with E-state index in [2.05, 4.69) is 15.0 Å². The Morgan fingerprint density at radius 1 is 1.26 bits per heavy atom. The monoisotopic (exact) mass is 374 g/mol. The molecule has 0 unspecified atom stereocenters. The van der Waals surface area contributed by atoms with Crippen molar-refractivity contribution in [2.75, 3.05) is 44.9 Å². The standard InChI is InChI=1S/C18H22N4O5/c1-26-16(24)12-19-15(23)6-7-22-14-5-3-2-4-13(14)20-17(18(22)25)21-8-10-27-11-9-21/h2-5H,6-12H2,1H3,(H,19,23). The lowest BCUT2D eigenvalue weighted by atomic mass is 10.2. The summed E-state index contributed by atoms with van der Waals surface area (Å²) in [5.41, 5.74) is 1.12. The minimum Gasteiger partial charge on any atom is -0.468 e. The van der Waals surface area contributed by atoms with Crippen molar-refractivity contribution in [2.24, 2.45) is 0 Å². The molecule has 27 heavy (non-hydrogen) atoms. The van der Waals surface area contributed by atoms with Crippen LogP contribution >= 0.6 is 0 Å². The molecule has 0 aliphatic carbocycles. The van der Waals surface area contributed by atoms with Crippen LogP contribution in [0.4, 0.5) is 5.82 Å². The molecule has 0 atom stereocenters. The van der Waals surface area contributed by atoms with E-state index in [0.717, 1.165) is 0 Å². The number of nitrogens with zero attached hydrogens (tertiary/aromatic N) is 3. The maximum atomic E-state index is 13.0. The van der Waals surface area contributed by atoms with Crippen LogP contribution in [0.5, 0.6) is 0 Å². The second kappa shape index (κ2) is 8.63. The number of hydrogen-bond acceptors (Lipinski definition) is 7. The van der Waals surface area contributed by atoms with Crippen LogP contribution in [0.2, 0.25) is 0 Å². The number of para-hydroxylation sites is 2. The van der Waals surface area contributed by atoms with Gasteiger partial charge in [0.25, 0.3) is 5.56 Å². The first-order valence-electron chi connectivity index (χ1n) is 8.76. The zero-order chi connectivity index (χ0) is 19.2. The lowest BCUT2D eigenvalue weighted by Gasteiger charge is -2.28. The quantitative estimate of drug-likeness (QED) is 0.705. The number of methoxy groups -OCH3 is 1. The summed E-state index contributed by atoms with van der Waals surface area (Å²) in [6.07, 6.45) is 0.0630. The molecule has 0 saturated carbocycles. The first-order chi connectivity index (χ1) is 13.1. The third kappa shape index (κ3) is 4.43. The van der Waals surface area contributed by atoms with Crippen molar-refractivity contribution in [3.8, 4) is 0 Å². The Morgan fingerprint density at radius 2 is 2.00 bits per heavy atom. The van der Waals surface area contributed by atoms with Crippen LogP contribution < -0.4 is 15.8 Å². The van der Waals surface area contributed by atoms with Crippen molar-refractivity contribution < 1.29 is 19.1 Å². The lowest BCUT2D eigenvalue weighted by molar-refractivity contribution is -0.141. The molecule has 2 heterocycles.